The predicted molar refractivity (Wildman–Crippen MR) is 81.9 cm³/mol. The van der Waals surface area contributed by atoms with Gasteiger partial charge < -0.3 is 14.7 Å². The highest BCUT2D eigenvalue weighted by Crippen LogP contribution is 2.20. The highest BCUT2D eigenvalue weighted by molar-refractivity contribution is 5.94. The number of amides is 1. The molecular formula is C16H16FN3O4. The molecule has 1 aliphatic rings. The molecule has 1 amide bonds. The minimum atomic E-state index is -0.986. The molecule has 1 atom stereocenters. The number of benzene rings is 1. The summed E-state index contributed by atoms with van der Waals surface area (Å²) in [6.07, 6.45) is -0.176. The summed E-state index contributed by atoms with van der Waals surface area (Å²) in [6, 6.07) is 6.83. The Labute approximate surface area is 137 Å². The van der Waals surface area contributed by atoms with Crippen LogP contribution in [0.2, 0.25) is 0 Å². The van der Waals surface area contributed by atoms with Gasteiger partial charge in [-0.2, -0.15) is 5.10 Å². The third kappa shape index (κ3) is 3.43. The van der Waals surface area contributed by atoms with Gasteiger partial charge in [-0.1, -0.05) is 0 Å². The molecule has 0 spiro atoms. The standard InChI is InChI=1S/C16H16FN3O4/c17-11-3-1-10(2-4-11)13-8-14(19-18-13)16(23)20-5-6-24-9-12(20)7-15(21)22/h1-4,8,12H,5-7,9H2,(H,18,19)(H,21,22)/t12-/m0/s1. The number of aromatic amines is 1. The first-order valence-corrected chi connectivity index (χ1v) is 7.46. The summed E-state index contributed by atoms with van der Waals surface area (Å²) in [5.74, 6) is -1.67. The van der Waals surface area contributed by atoms with Gasteiger partial charge in [0, 0.05) is 12.1 Å². The van der Waals surface area contributed by atoms with E-state index in [0.717, 1.165) is 0 Å². The van der Waals surface area contributed by atoms with Gasteiger partial charge in [-0.25, -0.2) is 4.39 Å². The normalized spacial score (nSPS) is 17.7. The van der Waals surface area contributed by atoms with Crippen LogP contribution in [0.1, 0.15) is 16.9 Å². The Morgan fingerprint density at radius 1 is 1.38 bits per heavy atom. The molecule has 8 heteroatoms. The number of carbonyl (C=O) groups is 2. The summed E-state index contributed by atoms with van der Waals surface area (Å²) in [6.45, 7) is 0.874. The van der Waals surface area contributed by atoms with E-state index in [4.69, 9.17) is 9.84 Å². The van der Waals surface area contributed by atoms with E-state index in [-0.39, 0.29) is 30.4 Å². The van der Waals surface area contributed by atoms with Gasteiger partial charge in [-0.15, -0.1) is 0 Å². The lowest BCUT2D eigenvalue weighted by molar-refractivity contribution is -0.139. The summed E-state index contributed by atoms with van der Waals surface area (Å²) in [4.78, 5) is 25.1. The van der Waals surface area contributed by atoms with Gasteiger partial charge in [-0.05, 0) is 30.3 Å². The van der Waals surface area contributed by atoms with Gasteiger partial charge in [0.15, 0.2) is 0 Å². The summed E-state index contributed by atoms with van der Waals surface area (Å²) in [7, 11) is 0. The van der Waals surface area contributed by atoms with Crippen molar-refractivity contribution in [3.63, 3.8) is 0 Å². The Kier molecular flexibility index (Phi) is 4.57. The monoisotopic (exact) mass is 333 g/mol. The zero-order valence-electron chi connectivity index (χ0n) is 12.7. The number of nitrogens with one attached hydrogen (secondary N) is 1. The van der Waals surface area contributed by atoms with Crippen LogP contribution in [0.4, 0.5) is 4.39 Å². The summed E-state index contributed by atoms with van der Waals surface area (Å²) >= 11 is 0. The molecule has 0 unspecified atom stereocenters. The molecule has 2 heterocycles. The number of aromatic nitrogens is 2. The van der Waals surface area contributed by atoms with Gasteiger partial charge >= 0.3 is 5.97 Å². The fourth-order valence-corrected chi connectivity index (χ4v) is 2.65. The average Bonchev–Trinajstić information content (AvgIpc) is 3.05. The largest absolute Gasteiger partial charge is 0.481 e. The first-order valence-electron chi connectivity index (χ1n) is 7.46. The van der Waals surface area contributed by atoms with E-state index >= 15 is 0 Å². The number of ether oxygens (including phenoxy) is 1. The van der Waals surface area contributed by atoms with Crippen LogP contribution in [0, 0.1) is 5.82 Å². The molecule has 0 aliphatic carbocycles. The van der Waals surface area contributed by atoms with Crippen molar-refractivity contribution in [2.24, 2.45) is 0 Å². The Hall–Kier alpha value is -2.74. The predicted octanol–water partition coefficient (Wildman–Crippen LogP) is 1.53. The maximum atomic E-state index is 13.0. The van der Waals surface area contributed by atoms with E-state index in [1.807, 2.05) is 0 Å². The maximum absolute atomic E-state index is 13.0. The lowest BCUT2D eigenvalue weighted by atomic mass is 10.1. The molecule has 2 N–H and O–H groups in total. The molecule has 1 saturated heterocycles. The van der Waals surface area contributed by atoms with Crippen molar-refractivity contribution >= 4 is 11.9 Å². The van der Waals surface area contributed by atoms with Gasteiger partial charge in [-0.3, -0.25) is 14.7 Å². The fraction of sp³-hybridized carbons (Fsp3) is 0.312. The van der Waals surface area contributed by atoms with Crippen molar-refractivity contribution in [3.8, 4) is 11.3 Å². The zero-order chi connectivity index (χ0) is 17.1. The topological polar surface area (TPSA) is 95.5 Å². The Morgan fingerprint density at radius 3 is 2.83 bits per heavy atom. The van der Waals surface area contributed by atoms with Crippen LogP contribution in [0.3, 0.4) is 0 Å². The quantitative estimate of drug-likeness (QED) is 0.885. The minimum absolute atomic E-state index is 0.176. The van der Waals surface area contributed by atoms with Gasteiger partial charge in [0.05, 0.1) is 31.4 Å². The summed E-state index contributed by atoms with van der Waals surface area (Å²) < 4.78 is 18.2. The smallest absolute Gasteiger partial charge is 0.305 e. The fourth-order valence-electron chi connectivity index (χ4n) is 2.65. The van der Waals surface area contributed by atoms with Crippen molar-refractivity contribution in [2.75, 3.05) is 19.8 Å². The van der Waals surface area contributed by atoms with Crippen LogP contribution in [0.15, 0.2) is 30.3 Å². The lowest BCUT2D eigenvalue weighted by Gasteiger charge is -2.34. The van der Waals surface area contributed by atoms with E-state index in [1.165, 1.54) is 17.0 Å². The van der Waals surface area contributed by atoms with Crippen LogP contribution in [-0.4, -0.2) is 57.9 Å². The van der Waals surface area contributed by atoms with Gasteiger partial charge in [0.25, 0.3) is 5.91 Å². The number of hydrogen-bond donors (Lipinski definition) is 2. The van der Waals surface area contributed by atoms with Crippen LogP contribution in [0.25, 0.3) is 11.3 Å². The van der Waals surface area contributed by atoms with Crippen molar-refractivity contribution in [3.05, 3.63) is 41.8 Å². The Bertz CT molecular complexity index is 744. The summed E-state index contributed by atoms with van der Waals surface area (Å²) in [5.41, 5.74) is 1.45. The third-order valence-corrected chi connectivity index (χ3v) is 3.85. The second-order valence-electron chi connectivity index (χ2n) is 5.50. The molecule has 1 aromatic carbocycles. The van der Waals surface area contributed by atoms with Crippen LogP contribution in [-0.2, 0) is 9.53 Å². The molecule has 0 bridgehead atoms. The van der Waals surface area contributed by atoms with E-state index in [1.54, 1.807) is 18.2 Å². The minimum Gasteiger partial charge on any atom is -0.481 e. The number of H-pyrrole nitrogens is 1. The Morgan fingerprint density at radius 2 is 2.12 bits per heavy atom. The van der Waals surface area contributed by atoms with Crippen LogP contribution < -0.4 is 0 Å². The van der Waals surface area contributed by atoms with Crippen molar-refractivity contribution in [2.45, 2.75) is 12.5 Å². The van der Waals surface area contributed by atoms with Gasteiger partial charge in [0.2, 0.25) is 0 Å². The van der Waals surface area contributed by atoms with E-state index < -0.39 is 12.0 Å². The first kappa shape index (κ1) is 16.1. The van der Waals surface area contributed by atoms with E-state index in [9.17, 15) is 14.0 Å². The number of hydrogen-bond acceptors (Lipinski definition) is 4. The molecule has 1 fully saturated rings. The second-order valence-corrected chi connectivity index (χ2v) is 5.50. The number of morpholine rings is 1. The number of nitrogens with zero attached hydrogens (tertiary/aromatic N) is 2. The molecule has 7 nitrogen and oxygen atoms in total. The molecule has 0 radical (unpaired) electrons. The van der Waals surface area contributed by atoms with Gasteiger partial charge in [0.1, 0.15) is 11.5 Å². The molecule has 2 aromatic rings. The summed E-state index contributed by atoms with van der Waals surface area (Å²) in [5, 5.41) is 15.7. The molecular weight excluding hydrogens is 317 g/mol. The Balaban J connectivity index is 1.79. The highest BCUT2D eigenvalue weighted by Gasteiger charge is 2.30. The molecule has 0 saturated carbocycles. The number of halogens is 1. The number of carboxylic acids is 1. The molecule has 126 valence electrons. The van der Waals surface area contributed by atoms with Crippen molar-refractivity contribution in [1.29, 1.82) is 0 Å². The molecule has 1 aromatic heterocycles. The lowest BCUT2D eigenvalue weighted by Crippen LogP contribution is -2.49. The molecule has 24 heavy (non-hydrogen) atoms. The van der Waals surface area contributed by atoms with Crippen molar-refractivity contribution in [1.82, 2.24) is 15.1 Å². The number of carboxylic acid groups (broad SMARTS) is 1. The SMILES string of the molecule is O=C(O)C[C@H]1COCCN1C(=O)c1cc(-c2ccc(F)cc2)n[nH]1. The highest BCUT2D eigenvalue weighted by atomic mass is 19.1. The molecule has 3 rings (SSSR count). The van der Waals surface area contributed by atoms with Crippen LogP contribution in [0.5, 0.6) is 0 Å². The number of rotatable bonds is 4. The average molecular weight is 333 g/mol. The third-order valence-electron chi connectivity index (χ3n) is 3.85. The number of aliphatic carboxylic acids is 1. The van der Waals surface area contributed by atoms with E-state index in [2.05, 4.69) is 10.2 Å². The number of carbonyl (C=O) groups excluding carboxylic acids is 1. The van der Waals surface area contributed by atoms with Crippen LogP contribution >= 0.6 is 0 Å². The molecule has 1 aliphatic heterocycles. The van der Waals surface area contributed by atoms with Crippen molar-refractivity contribution < 1.29 is 23.8 Å². The zero-order valence-corrected chi connectivity index (χ0v) is 12.7. The maximum Gasteiger partial charge on any atom is 0.305 e. The van der Waals surface area contributed by atoms with E-state index in [0.29, 0.717) is 24.4 Å². The second kappa shape index (κ2) is 6.79. The first-order chi connectivity index (χ1) is 11.5.